The minimum atomic E-state index is -0.307. The molecule has 1 fully saturated rings. The van der Waals surface area contributed by atoms with Gasteiger partial charge in [0.2, 0.25) is 0 Å². The molecule has 10 heteroatoms. The Kier molecular flexibility index (Phi) is 4.60. The van der Waals surface area contributed by atoms with E-state index in [1.807, 2.05) is 4.90 Å². The largest absolute Gasteiger partial charge is 0.382 e. The van der Waals surface area contributed by atoms with Crippen LogP contribution < -0.4 is 10.6 Å². The molecule has 0 spiro atoms. The maximum Gasteiger partial charge on any atom is 0.182 e. The molecular weight excluding hydrogens is 389 g/mol. The molecule has 0 aliphatic carbocycles. The molecule has 4 heterocycles. The van der Waals surface area contributed by atoms with Gasteiger partial charge in [-0.15, -0.1) is 0 Å². The van der Waals surface area contributed by atoms with Crippen LogP contribution in [0.5, 0.6) is 0 Å². The number of nitrogens with zero attached hydrogens (tertiary/aromatic N) is 6. The highest BCUT2D eigenvalue weighted by atomic mass is 19.1. The van der Waals surface area contributed by atoms with Crippen LogP contribution in [-0.2, 0) is 11.3 Å². The quantitative estimate of drug-likeness (QED) is 0.538. The van der Waals surface area contributed by atoms with E-state index in [2.05, 4.69) is 20.2 Å². The van der Waals surface area contributed by atoms with Gasteiger partial charge in [0, 0.05) is 18.2 Å². The average molecular weight is 407 g/mol. The monoisotopic (exact) mass is 407 g/mol. The summed E-state index contributed by atoms with van der Waals surface area (Å²) in [7, 11) is 0. The summed E-state index contributed by atoms with van der Waals surface area (Å²) in [5, 5.41) is 8.58. The van der Waals surface area contributed by atoms with Crippen LogP contribution in [-0.4, -0.2) is 44.8 Å². The van der Waals surface area contributed by atoms with Crippen LogP contribution in [0, 0.1) is 5.82 Å². The van der Waals surface area contributed by atoms with Gasteiger partial charge in [0.1, 0.15) is 35.9 Å². The van der Waals surface area contributed by atoms with Crippen LogP contribution in [0.25, 0.3) is 22.9 Å². The zero-order chi connectivity index (χ0) is 20.5. The summed E-state index contributed by atoms with van der Waals surface area (Å²) in [5.74, 6) is 0.406. The van der Waals surface area contributed by atoms with E-state index in [0.29, 0.717) is 47.6 Å². The zero-order valence-electron chi connectivity index (χ0n) is 15.9. The molecule has 152 valence electrons. The number of benzene rings is 1. The summed E-state index contributed by atoms with van der Waals surface area (Å²) in [4.78, 5) is 10.8. The molecule has 1 aliphatic rings. The second-order valence-corrected chi connectivity index (χ2v) is 6.81. The topological polar surface area (TPSA) is 108 Å². The lowest BCUT2D eigenvalue weighted by Crippen LogP contribution is -2.20. The molecule has 0 amide bonds. The van der Waals surface area contributed by atoms with Crippen LogP contribution in [0.2, 0.25) is 0 Å². The third-order valence-electron chi connectivity index (χ3n) is 4.88. The van der Waals surface area contributed by atoms with Gasteiger partial charge in [0.25, 0.3) is 0 Å². The minimum Gasteiger partial charge on any atom is -0.382 e. The summed E-state index contributed by atoms with van der Waals surface area (Å²) in [6, 6.07) is 10.1. The normalized spacial score (nSPS) is 13.8. The van der Waals surface area contributed by atoms with Gasteiger partial charge in [-0.2, -0.15) is 5.10 Å². The van der Waals surface area contributed by atoms with Gasteiger partial charge in [-0.25, -0.2) is 14.4 Å². The summed E-state index contributed by atoms with van der Waals surface area (Å²) in [5.41, 5.74) is 9.11. The van der Waals surface area contributed by atoms with Crippen LogP contribution in [0.4, 0.5) is 15.9 Å². The summed E-state index contributed by atoms with van der Waals surface area (Å²) >= 11 is 0. The van der Waals surface area contributed by atoms with E-state index < -0.39 is 0 Å². The number of nitrogen functional groups attached to an aromatic ring is 1. The van der Waals surface area contributed by atoms with Gasteiger partial charge >= 0.3 is 0 Å². The van der Waals surface area contributed by atoms with E-state index >= 15 is 0 Å². The molecule has 0 atom stereocenters. The molecule has 3 aromatic heterocycles. The van der Waals surface area contributed by atoms with E-state index in [1.54, 1.807) is 41.2 Å². The Morgan fingerprint density at radius 3 is 2.80 bits per heavy atom. The second-order valence-electron chi connectivity index (χ2n) is 6.81. The van der Waals surface area contributed by atoms with E-state index in [0.717, 1.165) is 12.2 Å². The Morgan fingerprint density at radius 2 is 2.07 bits per heavy atom. The maximum absolute atomic E-state index is 14.2. The molecule has 0 saturated carbocycles. The van der Waals surface area contributed by atoms with Crippen molar-refractivity contribution in [3.8, 4) is 22.9 Å². The molecule has 30 heavy (non-hydrogen) atoms. The third-order valence-corrected chi connectivity index (χ3v) is 4.88. The van der Waals surface area contributed by atoms with Crippen molar-refractivity contribution in [2.75, 3.05) is 30.5 Å². The molecule has 1 aromatic carbocycles. The number of anilines is 2. The van der Waals surface area contributed by atoms with Crippen molar-refractivity contribution in [3.63, 3.8) is 0 Å². The van der Waals surface area contributed by atoms with Crippen molar-refractivity contribution in [1.29, 1.82) is 0 Å². The Hall–Kier alpha value is -3.79. The lowest BCUT2D eigenvalue weighted by atomic mass is 10.2. The van der Waals surface area contributed by atoms with E-state index in [-0.39, 0.29) is 12.4 Å². The first-order chi connectivity index (χ1) is 14.7. The summed E-state index contributed by atoms with van der Waals surface area (Å²) < 4.78 is 26.2. The number of rotatable bonds is 5. The highest BCUT2D eigenvalue weighted by molar-refractivity contribution is 5.68. The van der Waals surface area contributed by atoms with Crippen molar-refractivity contribution in [3.05, 3.63) is 60.2 Å². The highest BCUT2D eigenvalue weighted by Gasteiger charge is 2.20. The fourth-order valence-electron chi connectivity index (χ4n) is 3.35. The lowest BCUT2D eigenvalue weighted by molar-refractivity contribution is 0.201. The molecule has 0 radical (unpaired) electrons. The predicted molar refractivity (Wildman–Crippen MR) is 107 cm³/mol. The van der Waals surface area contributed by atoms with Crippen molar-refractivity contribution in [1.82, 2.24) is 24.9 Å². The summed E-state index contributed by atoms with van der Waals surface area (Å²) in [6.45, 7) is 2.05. The molecule has 0 bridgehead atoms. The Labute approximate surface area is 170 Å². The van der Waals surface area contributed by atoms with Crippen molar-refractivity contribution in [2.45, 2.75) is 6.54 Å². The number of hydrogen-bond donors (Lipinski definition) is 1. The Morgan fingerprint density at radius 1 is 1.17 bits per heavy atom. The van der Waals surface area contributed by atoms with Crippen LogP contribution in [0.1, 0.15) is 5.56 Å². The number of hydrogen-bond acceptors (Lipinski definition) is 8. The number of aromatic nitrogens is 5. The van der Waals surface area contributed by atoms with Crippen molar-refractivity contribution < 1.29 is 13.7 Å². The van der Waals surface area contributed by atoms with Crippen molar-refractivity contribution in [2.24, 2.45) is 0 Å². The molecule has 1 aliphatic heterocycles. The molecule has 0 unspecified atom stereocenters. The first kappa shape index (κ1) is 18.3. The van der Waals surface area contributed by atoms with E-state index in [4.69, 9.17) is 15.0 Å². The van der Waals surface area contributed by atoms with E-state index in [1.165, 1.54) is 12.3 Å². The van der Waals surface area contributed by atoms with Gasteiger partial charge < -0.3 is 19.9 Å². The fraction of sp³-hybridized carbons (Fsp3) is 0.200. The van der Waals surface area contributed by atoms with Gasteiger partial charge in [0.05, 0.1) is 25.0 Å². The Balaban J connectivity index is 1.53. The van der Waals surface area contributed by atoms with Crippen LogP contribution in [0.3, 0.4) is 0 Å². The average Bonchev–Trinajstić information content (AvgIpc) is 3.51. The maximum atomic E-state index is 14.2. The first-order valence-corrected chi connectivity index (χ1v) is 9.36. The molecular formula is C20H18FN7O2. The molecule has 9 nitrogen and oxygen atoms in total. The van der Waals surface area contributed by atoms with Gasteiger partial charge in [0.15, 0.2) is 11.6 Å². The highest BCUT2D eigenvalue weighted by Crippen LogP contribution is 2.28. The van der Waals surface area contributed by atoms with E-state index in [9.17, 15) is 4.39 Å². The zero-order valence-corrected chi connectivity index (χ0v) is 15.9. The lowest BCUT2D eigenvalue weighted by Gasteiger charge is -2.16. The number of halogens is 1. The standard InChI is InChI=1S/C20H18FN7O2/c21-14-4-2-1-3-13(14)11-28-17(15-5-7-30-26-15)9-16(25-28)20-23-10-18(19(22)24-20)27-6-8-29-12-27/h1-5,7,9-10H,6,8,11-12H2,(H2,22,23,24). The second kappa shape index (κ2) is 7.56. The molecule has 5 rings (SSSR count). The number of nitrogens with two attached hydrogens (primary N) is 1. The van der Waals surface area contributed by atoms with Gasteiger partial charge in [-0.05, 0) is 12.1 Å². The molecule has 2 N–H and O–H groups in total. The molecule has 4 aromatic rings. The number of ether oxygens (including phenoxy) is 1. The Bertz CT molecular complexity index is 1170. The fourth-order valence-corrected chi connectivity index (χ4v) is 3.35. The predicted octanol–water partition coefficient (Wildman–Crippen LogP) is 2.56. The summed E-state index contributed by atoms with van der Waals surface area (Å²) in [6.07, 6.45) is 3.13. The van der Waals surface area contributed by atoms with Gasteiger partial charge in [-0.3, -0.25) is 4.68 Å². The van der Waals surface area contributed by atoms with Crippen LogP contribution >= 0.6 is 0 Å². The smallest absolute Gasteiger partial charge is 0.182 e. The molecule has 1 saturated heterocycles. The minimum absolute atomic E-state index is 0.216. The van der Waals surface area contributed by atoms with Crippen molar-refractivity contribution >= 4 is 11.5 Å². The third kappa shape index (κ3) is 3.37. The SMILES string of the molecule is Nc1nc(-c2cc(-c3ccon3)n(Cc3ccccc3F)n2)ncc1N1CCOC1. The first-order valence-electron chi connectivity index (χ1n) is 9.36. The van der Waals surface area contributed by atoms with Crippen LogP contribution in [0.15, 0.2) is 53.4 Å². The van der Waals surface area contributed by atoms with Gasteiger partial charge in [-0.1, -0.05) is 23.4 Å².